The summed E-state index contributed by atoms with van der Waals surface area (Å²) in [7, 11) is 4.21. The Morgan fingerprint density at radius 2 is 2.17 bits per heavy atom. The topological polar surface area (TPSA) is 21.1 Å². The molecule has 2 aromatic rings. The third-order valence-electron chi connectivity index (χ3n) is 3.06. The van der Waals surface area contributed by atoms with Gasteiger partial charge < -0.3 is 9.47 Å². The van der Waals surface area contributed by atoms with E-state index in [2.05, 4.69) is 63.7 Å². The van der Waals surface area contributed by atoms with Gasteiger partial charge in [0, 0.05) is 24.7 Å². The van der Waals surface area contributed by atoms with Crippen LogP contribution in [0, 0.1) is 0 Å². The maximum absolute atomic E-state index is 4.35. The van der Waals surface area contributed by atoms with Gasteiger partial charge in [-0.1, -0.05) is 13.3 Å². The van der Waals surface area contributed by atoms with Crippen molar-refractivity contribution in [1.29, 1.82) is 0 Å². The van der Waals surface area contributed by atoms with Crippen molar-refractivity contribution >= 4 is 26.8 Å². The van der Waals surface area contributed by atoms with Crippen LogP contribution in [0.1, 0.15) is 25.3 Å². The molecule has 0 saturated carbocycles. The summed E-state index contributed by atoms with van der Waals surface area (Å²) in [5.41, 5.74) is 2.61. The lowest BCUT2D eigenvalue weighted by Crippen LogP contribution is -2.10. The van der Waals surface area contributed by atoms with Crippen molar-refractivity contribution in [2.45, 2.75) is 32.9 Å². The average molecular weight is 310 g/mol. The number of hydrogen-bond donors (Lipinski definition) is 0. The highest BCUT2D eigenvalue weighted by atomic mass is 79.9. The number of unbranched alkanes of at least 4 members (excludes halogenated alkanes) is 1. The summed E-state index contributed by atoms with van der Waals surface area (Å²) >= 11 is 3.46. The molecule has 4 heteroatoms. The first-order valence-electron chi connectivity index (χ1n) is 6.39. The van der Waals surface area contributed by atoms with Gasteiger partial charge in [0.05, 0.1) is 11.7 Å². The van der Waals surface area contributed by atoms with Gasteiger partial charge in [0.25, 0.3) is 0 Å². The van der Waals surface area contributed by atoms with Gasteiger partial charge in [-0.15, -0.1) is 0 Å². The fourth-order valence-corrected chi connectivity index (χ4v) is 2.55. The standard InChI is InChI=1S/C14H20BrN3/c1-4-5-6-18-10-11(9-17(2)3)12-7-14(15)16-8-13(12)18/h7-8,10H,4-6,9H2,1-3H3. The summed E-state index contributed by atoms with van der Waals surface area (Å²) in [6.07, 6.45) is 6.66. The Labute approximate surface area is 117 Å². The van der Waals surface area contributed by atoms with Gasteiger partial charge in [0.15, 0.2) is 0 Å². The second-order valence-corrected chi connectivity index (χ2v) is 5.78. The monoisotopic (exact) mass is 309 g/mol. The van der Waals surface area contributed by atoms with Gasteiger partial charge in [-0.25, -0.2) is 4.98 Å². The van der Waals surface area contributed by atoms with Crippen molar-refractivity contribution in [2.75, 3.05) is 14.1 Å². The van der Waals surface area contributed by atoms with Crippen molar-refractivity contribution in [3.8, 4) is 0 Å². The van der Waals surface area contributed by atoms with Crippen LogP contribution in [0.5, 0.6) is 0 Å². The van der Waals surface area contributed by atoms with E-state index in [1.165, 1.54) is 29.3 Å². The van der Waals surface area contributed by atoms with Crippen LogP contribution in [-0.2, 0) is 13.1 Å². The summed E-state index contributed by atoms with van der Waals surface area (Å²) in [6, 6.07) is 2.12. The summed E-state index contributed by atoms with van der Waals surface area (Å²) in [5, 5.41) is 1.31. The highest BCUT2D eigenvalue weighted by molar-refractivity contribution is 9.10. The molecule has 2 rings (SSSR count). The number of halogens is 1. The molecular formula is C14H20BrN3. The van der Waals surface area contributed by atoms with E-state index < -0.39 is 0 Å². The van der Waals surface area contributed by atoms with Crippen molar-refractivity contribution < 1.29 is 0 Å². The fourth-order valence-electron chi connectivity index (χ4n) is 2.22. The molecule has 2 aromatic heterocycles. The Balaban J connectivity index is 2.45. The Kier molecular flexibility index (Phi) is 4.40. The minimum atomic E-state index is 0.906. The molecule has 18 heavy (non-hydrogen) atoms. The van der Waals surface area contributed by atoms with E-state index in [4.69, 9.17) is 0 Å². The minimum absolute atomic E-state index is 0.906. The summed E-state index contributed by atoms with van der Waals surface area (Å²) in [6.45, 7) is 4.26. The zero-order chi connectivity index (χ0) is 13.1. The number of aryl methyl sites for hydroxylation is 1. The number of rotatable bonds is 5. The van der Waals surface area contributed by atoms with Crippen LogP contribution in [0.25, 0.3) is 10.9 Å². The molecule has 0 unspecified atom stereocenters. The third-order valence-corrected chi connectivity index (χ3v) is 3.49. The molecule has 0 aliphatic carbocycles. The Bertz CT molecular complexity index is 531. The molecule has 0 spiro atoms. The molecule has 98 valence electrons. The van der Waals surface area contributed by atoms with Crippen LogP contribution in [0.3, 0.4) is 0 Å². The number of aromatic nitrogens is 2. The zero-order valence-electron chi connectivity index (χ0n) is 11.3. The number of fused-ring (bicyclic) bond motifs is 1. The third kappa shape index (κ3) is 2.93. The first-order valence-corrected chi connectivity index (χ1v) is 7.19. The van der Waals surface area contributed by atoms with Crippen molar-refractivity contribution in [2.24, 2.45) is 0 Å². The molecule has 0 aromatic carbocycles. The predicted molar refractivity (Wildman–Crippen MR) is 79.7 cm³/mol. The normalized spacial score (nSPS) is 11.6. The second-order valence-electron chi connectivity index (χ2n) is 4.96. The molecule has 0 atom stereocenters. The molecule has 0 saturated heterocycles. The molecule has 0 radical (unpaired) electrons. The van der Waals surface area contributed by atoms with Gasteiger partial charge in [-0.2, -0.15) is 0 Å². The van der Waals surface area contributed by atoms with E-state index >= 15 is 0 Å². The molecule has 0 N–H and O–H groups in total. The smallest absolute Gasteiger partial charge is 0.106 e. The molecule has 0 aliphatic rings. The predicted octanol–water partition coefficient (Wildman–Crippen LogP) is 3.66. The van der Waals surface area contributed by atoms with E-state index in [-0.39, 0.29) is 0 Å². The van der Waals surface area contributed by atoms with Crippen LogP contribution in [0.15, 0.2) is 23.1 Å². The molecule has 2 heterocycles. The van der Waals surface area contributed by atoms with Crippen LogP contribution in [0.2, 0.25) is 0 Å². The van der Waals surface area contributed by atoms with Crippen molar-refractivity contribution in [3.05, 3.63) is 28.6 Å². The molecule has 0 fully saturated rings. The van der Waals surface area contributed by atoms with E-state index in [1.807, 2.05) is 6.20 Å². The van der Waals surface area contributed by atoms with Crippen molar-refractivity contribution in [1.82, 2.24) is 14.5 Å². The quantitative estimate of drug-likeness (QED) is 0.786. The number of pyridine rings is 1. The molecule has 0 amide bonds. The molecular weight excluding hydrogens is 290 g/mol. The first-order chi connectivity index (χ1) is 8.61. The lowest BCUT2D eigenvalue weighted by molar-refractivity contribution is 0.403. The van der Waals surface area contributed by atoms with Gasteiger partial charge in [0.1, 0.15) is 4.60 Å². The summed E-state index contributed by atoms with van der Waals surface area (Å²) in [4.78, 5) is 6.55. The highest BCUT2D eigenvalue weighted by Crippen LogP contribution is 2.24. The molecule has 0 aliphatic heterocycles. The van der Waals surface area contributed by atoms with E-state index in [1.54, 1.807) is 0 Å². The Morgan fingerprint density at radius 1 is 1.39 bits per heavy atom. The lowest BCUT2D eigenvalue weighted by atomic mass is 10.2. The second kappa shape index (κ2) is 5.85. The molecule has 3 nitrogen and oxygen atoms in total. The minimum Gasteiger partial charge on any atom is -0.346 e. The number of hydrogen-bond acceptors (Lipinski definition) is 2. The van der Waals surface area contributed by atoms with Crippen molar-refractivity contribution in [3.63, 3.8) is 0 Å². The Hall–Kier alpha value is -0.870. The van der Waals surface area contributed by atoms with Gasteiger partial charge in [-0.05, 0) is 48.1 Å². The maximum Gasteiger partial charge on any atom is 0.106 e. The van der Waals surface area contributed by atoms with Gasteiger partial charge >= 0.3 is 0 Å². The van der Waals surface area contributed by atoms with E-state index in [0.717, 1.165) is 17.7 Å². The SMILES string of the molecule is CCCCn1cc(CN(C)C)c2cc(Br)ncc21. The average Bonchev–Trinajstić information content (AvgIpc) is 2.64. The zero-order valence-corrected chi connectivity index (χ0v) is 12.9. The maximum atomic E-state index is 4.35. The van der Waals surface area contributed by atoms with E-state index in [9.17, 15) is 0 Å². The van der Waals surface area contributed by atoms with Gasteiger partial charge in [-0.3, -0.25) is 0 Å². The van der Waals surface area contributed by atoms with Crippen LogP contribution < -0.4 is 0 Å². The van der Waals surface area contributed by atoms with Crippen LogP contribution in [-0.4, -0.2) is 28.5 Å². The number of nitrogens with zero attached hydrogens (tertiary/aromatic N) is 3. The largest absolute Gasteiger partial charge is 0.346 e. The highest BCUT2D eigenvalue weighted by Gasteiger charge is 2.10. The Morgan fingerprint density at radius 3 is 2.83 bits per heavy atom. The fraction of sp³-hybridized carbons (Fsp3) is 0.500. The van der Waals surface area contributed by atoms with Crippen LogP contribution in [0.4, 0.5) is 0 Å². The lowest BCUT2D eigenvalue weighted by Gasteiger charge is -2.07. The molecule has 0 bridgehead atoms. The van der Waals surface area contributed by atoms with Gasteiger partial charge in [0.2, 0.25) is 0 Å². The van der Waals surface area contributed by atoms with Crippen LogP contribution >= 0.6 is 15.9 Å². The summed E-state index contributed by atoms with van der Waals surface area (Å²) in [5.74, 6) is 0. The van der Waals surface area contributed by atoms with E-state index in [0.29, 0.717) is 0 Å². The summed E-state index contributed by atoms with van der Waals surface area (Å²) < 4.78 is 3.24. The first kappa shape index (κ1) is 13.6.